The Labute approximate surface area is 235 Å². The highest BCUT2D eigenvalue weighted by molar-refractivity contribution is 6.42. The Balaban J connectivity index is 1.46. The topological polar surface area (TPSA) is 134 Å². The fraction of sp³-hybridized carbons (Fsp3) is 0.370. The van der Waals surface area contributed by atoms with Gasteiger partial charge in [-0.2, -0.15) is 0 Å². The van der Waals surface area contributed by atoms with Crippen molar-refractivity contribution in [1.29, 1.82) is 0 Å². The molecule has 206 valence electrons. The van der Waals surface area contributed by atoms with Gasteiger partial charge in [0.05, 0.1) is 10.0 Å². The van der Waals surface area contributed by atoms with Crippen LogP contribution in [0.1, 0.15) is 66.7 Å². The lowest BCUT2D eigenvalue weighted by atomic mass is 10.0. The van der Waals surface area contributed by atoms with Crippen molar-refractivity contribution in [3.05, 3.63) is 68.7 Å². The van der Waals surface area contributed by atoms with Gasteiger partial charge in [0.15, 0.2) is 0 Å². The number of nitrogens with one attached hydrogen (secondary N) is 3. The van der Waals surface area contributed by atoms with E-state index in [1.807, 2.05) is 0 Å². The van der Waals surface area contributed by atoms with E-state index in [1.54, 1.807) is 45.0 Å². The van der Waals surface area contributed by atoms with Crippen molar-refractivity contribution in [3.8, 4) is 0 Å². The zero-order valence-corrected chi connectivity index (χ0v) is 23.1. The lowest BCUT2D eigenvalue weighted by Gasteiger charge is -2.29. The van der Waals surface area contributed by atoms with Crippen LogP contribution in [0.25, 0.3) is 0 Å². The van der Waals surface area contributed by atoms with Crippen molar-refractivity contribution < 1.29 is 28.7 Å². The number of imide groups is 1. The first kappa shape index (κ1) is 28.4. The molecule has 0 radical (unpaired) electrons. The Morgan fingerprint density at radius 3 is 2.51 bits per heavy atom. The van der Waals surface area contributed by atoms with Gasteiger partial charge in [-0.25, -0.2) is 4.79 Å². The number of fused-ring (bicyclic) bond motifs is 1. The molecular weight excluding hydrogens is 547 g/mol. The van der Waals surface area contributed by atoms with Crippen LogP contribution in [-0.4, -0.2) is 46.3 Å². The molecule has 5 amide bonds. The largest absolute Gasteiger partial charge is 0.444 e. The summed E-state index contributed by atoms with van der Waals surface area (Å²) >= 11 is 12.2. The van der Waals surface area contributed by atoms with E-state index in [4.69, 9.17) is 27.9 Å². The molecule has 10 nitrogen and oxygen atoms in total. The number of piperidine rings is 1. The van der Waals surface area contributed by atoms with Crippen molar-refractivity contribution in [2.75, 3.05) is 0 Å². The van der Waals surface area contributed by atoms with Crippen molar-refractivity contribution in [2.24, 2.45) is 0 Å². The maximum Gasteiger partial charge on any atom is 0.408 e. The van der Waals surface area contributed by atoms with Crippen LogP contribution in [0.3, 0.4) is 0 Å². The smallest absolute Gasteiger partial charge is 0.408 e. The van der Waals surface area contributed by atoms with Crippen LogP contribution in [0, 0.1) is 0 Å². The maximum absolute atomic E-state index is 13.2. The van der Waals surface area contributed by atoms with E-state index in [0.29, 0.717) is 27.3 Å². The zero-order chi connectivity index (χ0) is 28.5. The summed E-state index contributed by atoms with van der Waals surface area (Å²) in [7, 11) is 0. The third-order valence-corrected chi connectivity index (χ3v) is 6.99. The fourth-order valence-electron chi connectivity index (χ4n) is 4.45. The minimum atomic E-state index is -1.12. The molecule has 39 heavy (non-hydrogen) atoms. The molecule has 3 N–H and O–H groups in total. The number of benzene rings is 2. The van der Waals surface area contributed by atoms with Crippen LogP contribution in [0.5, 0.6) is 0 Å². The van der Waals surface area contributed by atoms with Gasteiger partial charge in [-0.1, -0.05) is 41.4 Å². The highest BCUT2D eigenvalue weighted by atomic mass is 35.5. The molecule has 2 aliphatic heterocycles. The summed E-state index contributed by atoms with van der Waals surface area (Å²) in [5, 5.41) is 8.19. The van der Waals surface area contributed by atoms with E-state index in [2.05, 4.69) is 16.0 Å². The quantitative estimate of drug-likeness (QED) is 0.451. The molecule has 2 unspecified atom stereocenters. The molecular formula is C27H28Cl2N4O6. The van der Waals surface area contributed by atoms with E-state index in [-0.39, 0.29) is 42.8 Å². The first-order chi connectivity index (χ1) is 18.3. The third-order valence-electron chi connectivity index (χ3n) is 6.25. The lowest BCUT2D eigenvalue weighted by Crippen LogP contribution is -2.52. The highest BCUT2D eigenvalue weighted by Crippen LogP contribution is 2.29. The van der Waals surface area contributed by atoms with Crippen molar-refractivity contribution in [1.82, 2.24) is 20.9 Å². The minimum Gasteiger partial charge on any atom is -0.444 e. The molecule has 1 saturated heterocycles. The van der Waals surface area contributed by atoms with Gasteiger partial charge < -0.3 is 20.3 Å². The molecule has 0 bridgehead atoms. The number of alkyl carbamates (subject to hydrolysis) is 1. The molecule has 2 aromatic carbocycles. The molecule has 0 saturated carbocycles. The van der Waals surface area contributed by atoms with Gasteiger partial charge in [0.25, 0.3) is 5.91 Å². The van der Waals surface area contributed by atoms with Gasteiger partial charge in [0.2, 0.25) is 17.7 Å². The zero-order valence-electron chi connectivity index (χ0n) is 21.6. The Morgan fingerprint density at radius 1 is 1.10 bits per heavy atom. The molecule has 12 heteroatoms. The van der Waals surface area contributed by atoms with E-state index in [9.17, 15) is 24.0 Å². The number of carbonyl (C=O) groups excluding carboxylic acids is 5. The van der Waals surface area contributed by atoms with Gasteiger partial charge in [-0.05, 0) is 62.1 Å². The molecule has 2 heterocycles. The number of hydrogen-bond acceptors (Lipinski definition) is 6. The van der Waals surface area contributed by atoms with E-state index >= 15 is 0 Å². The Hall–Kier alpha value is -3.63. The Kier molecular flexibility index (Phi) is 8.17. The lowest BCUT2D eigenvalue weighted by molar-refractivity contribution is -0.137. The first-order valence-corrected chi connectivity index (χ1v) is 13.1. The second kappa shape index (κ2) is 11.2. The summed E-state index contributed by atoms with van der Waals surface area (Å²) < 4.78 is 5.32. The SMILES string of the molecule is CC(C)(C)OC(=O)NC(C(=O)NCc1ccc2c(c1)CN(C1CCC(=O)NC1=O)C2=O)c1ccc(Cl)c(Cl)c1. The van der Waals surface area contributed by atoms with Crippen LogP contribution in [0.15, 0.2) is 36.4 Å². The monoisotopic (exact) mass is 574 g/mol. The summed E-state index contributed by atoms with van der Waals surface area (Å²) in [4.78, 5) is 63.8. The number of nitrogens with zero attached hydrogens (tertiary/aromatic N) is 1. The summed E-state index contributed by atoms with van der Waals surface area (Å²) in [6.07, 6.45) is -0.336. The normalized spacial score (nSPS) is 17.8. The molecule has 2 atom stereocenters. The number of rotatable bonds is 6. The predicted molar refractivity (Wildman–Crippen MR) is 143 cm³/mol. The van der Waals surface area contributed by atoms with E-state index < -0.39 is 35.6 Å². The molecule has 0 spiro atoms. The van der Waals surface area contributed by atoms with Crippen LogP contribution in [0.4, 0.5) is 4.79 Å². The highest BCUT2D eigenvalue weighted by Gasteiger charge is 2.39. The van der Waals surface area contributed by atoms with Gasteiger partial charge >= 0.3 is 6.09 Å². The van der Waals surface area contributed by atoms with Crippen LogP contribution < -0.4 is 16.0 Å². The van der Waals surface area contributed by atoms with Crippen LogP contribution in [0.2, 0.25) is 10.0 Å². The number of carbonyl (C=O) groups is 5. The molecule has 4 rings (SSSR count). The summed E-state index contributed by atoms with van der Waals surface area (Å²) in [5.74, 6) is -1.62. The predicted octanol–water partition coefficient (Wildman–Crippen LogP) is 3.64. The second-order valence-corrected chi connectivity index (χ2v) is 11.2. The standard InChI is InChI=1S/C27H28Cl2N4O6/c1-27(2,3)39-26(38)32-22(15-5-7-18(28)19(29)11-15)24(36)30-12-14-4-6-17-16(10-14)13-33(25(17)37)20-8-9-21(34)31-23(20)35/h4-7,10-11,20,22H,8-9,12-13H2,1-3H3,(H,30,36)(H,32,38)(H,31,34,35). The molecule has 1 fully saturated rings. The van der Waals surface area contributed by atoms with Gasteiger partial charge in [-0.15, -0.1) is 0 Å². The van der Waals surface area contributed by atoms with Crippen LogP contribution >= 0.6 is 23.2 Å². The van der Waals surface area contributed by atoms with Crippen molar-refractivity contribution in [2.45, 2.75) is 64.4 Å². The number of ether oxygens (including phenoxy) is 1. The Bertz CT molecular complexity index is 1360. The summed E-state index contributed by atoms with van der Waals surface area (Å²) in [6, 6.07) is 7.93. The average molecular weight is 575 g/mol. The number of halogens is 2. The first-order valence-electron chi connectivity index (χ1n) is 12.3. The summed E-state index contributed by atoms with van der Waals surface area (Å²) in [5.41, 5.74) is 1.53. The fourth-order valence-corrected chi connectivity index (χ4v) is 4.75. The van der Waals surface area contributed by atoms with Crippen molar-refractivity contribution in [3.63, 3.8) is 0 Å². The minimum absolute atomic E-state index is 0.104. The molecule has 0 aromatic heterocycles. The van der Waals surface area contributed by atoms with Gasteiger partial charge in [-0.3, -0.25) is 24.5 Å². The number of hydrogen-bond donors (Lipinski definition) is 3. The van der Waals surface area contributed by atoms with Gasteiger partial charge in [0.1, 0.15) is 17.7 Å². The van der Waals surface area contributed by atoms with Crippen molar-refractivity contribution >= 4 is 52.9 Å². The van der Waals surface area contributed by atoms with Crippen LogP contribution in [-0.2, 0) is 32.2 Å². The maximum atomic E-state index is 13.2. The molecule has 2 aromatic rings. The van der Waals surface area contributed by atoms with Gasteiger partial charge in [0, 0.05) is 25.1 Å². The number of amides is 5. The Morgan fingerprint density at radius 2 is 1.85 bits per heavy atom. The van der Waals surface area contributed by atoms with E-state index in [1.165, 1.54) is 17.0 Å². The van der Waals surface area contributed by atoms with E-state index in [0.717, 1.165) is 0 Å². The third kappa shape index (κ3) is 6.69. The average Bonchev–Trinajstić information content (AvgIpc) is 3.17. The molecule has 0 aliphatic carbocycles. The summed E-state index contributed by atoms with van der Waals surface area (Å²) in [6.45, 7) is 5.45. The second-order valence-electron chi connectivity index (χ2n) is 10.4. The molecule has 2 aliphatic rings.